The van der Waals surface area contributed by atoms with Gasteiger partial charge in [-0.3, -0.25) is 0 Å². The number of benzene rings is 2. The van der Waals surface area contributed by atoms with Crippen molar-refractivity contribution in [2.75, 3.05) is 0 Å². The summed E-state index contributed by atoms with van der Waals surface area (Å²) in [5, 5.41) is 20.3. The van der Waals surface area contributed by atoms with E-state index >= 15 is 0 Å². The standard InChI is InChI=1S/C23H28AsClO5S2/c1-13(31)24(32(29,30)19-10-14(21(27)28)8-9-18(19)25)15-11-16(22(2,3)4)20(26)17(12-15)23(5,6)7/h8-12,26H,1-7H3,(H,27,28). The first-order valence-corrected chi connectivity index (χ1v) is 16.3. The Kier molecular flexibility index (Phi) is 7.63. The third-order valence-corrected chi connectivity index (χ3v) is 17.8. The molecule has 0 radical (unpaired) electrons. The zero-order valence-electron chi connectivity index (χ0n) is 19.1. The van der Waals surface area contributed by atoms with Crippen LogP contribution in [0.2, 0.25) is 5.02 Å². The zero-order valence-corrected chi connectivity index (χ0v) is 23.4. The summed E-state index contributed by atoms with van der Waals surface area (Å²) in [7, 11) is -4.05. The van der Waals surface area contributed by atoms with Crippen LogP contribution in [0.15, 0.2) is 35.2 Å². The summed E-state index contributed by atoms with van der Waals surface area (Å²) < 4.78 is 28.5. The van der Waals surface area contributed by atoms with Crippen LogP contribution < -0.4 is 4.35 Å². The number of aromatic carboxylic acids is 1. The summed E-state index contributed by atoms with van der Waals surface area (Å²) in [5.41, 5.74) is 0.216. The number of hydrogen-bond donors (Lipinski definition) is 2. The molecule has 0 aliphatic heterocycles. The van der Waals surface area contributed by atoms with Crippen LogP contribution in [0.25, 0.3) is 0 Å². The fourth-order valence-electron chi connectivity index (χ4n) is 3.30. The van der Waals surface area contributed by atoms with Crippen LogP contribution in [-0.2, 0) is 18.9 Å². The van der Waals surface area contributed by atoms with E-state index in [0.29, 0.717) is 19.1 Å². The average Bonchev–Trinajstić information content (AvgIpc) is 2.60. The quantitative estimate of drug-likeness (QED) is 0.399. The minimum atomic E-state index is -4.05. The molecule has 0 aromatic heterocycles. The van der Waals surface area contributed by atoms with Crippen molar-refractivity contribution in [1.29, 1.82) is 0 Å². The first kappa shape index (κ1) is 26.8. The Bertz CT molecular complexity index is 1160. The molecule has 0 bridgehead atoms. The Labute approximate surface area is 204 Å². The molecule has 2 rings (SSSR count). The number of carboxylic acid groups (broad SMARTS) is 1. The van der Waals surface area contributed by atoms with Crippen molar-refractivity contribution in [2.45, 2.75) is 64.2 Å². The van der Waals surface area contributed by atoms with Gasteiger partial charge in [0.05, 0.1) is 0 Å². The van der Waals surface area contributed by atoms with Gasteiger partial charge in [-0.2, -0.15) is 0 Å². The van der Waals surface area contributed by atoms with E-state index in [0.717, 1.165) is 6.07 Å². The second-order valence-corrected chi connectivity index (χ2v) is 21.3. The number of carboxylic acids is 1. The number of phenolic OH excluding ortho intramolecular Hbond substituents is 1. The van der Waals surface area contributed by atoms with Gasteiger partial charge >= 0.3 is 205 Å². The second kappa shape index (κ2) is 9.09. The molecule has 1 atom stereocenters. The van der Waals surface area contributed by atoms with Crippen molar-refractivity contribution in [2.24, 2.45) is 0 Å². The molecule has 0 aliphatic carbocycles. The molecule has 2 aromatic rings. The van der Waals surface area contributed by atoms with Crippen LogP contribution >= 0.6 is 23.8 Å². The van der Waals surface area contributed by atoms with E-state index in [-0.39, 0.29) is 21.2 Å². The van der Waals surface area contributed by atoms with Gasteiger partial charge in [0.2, 0.25) is 0 Å². The van der Waals surface area contributed by atoms with Crippen LogP contribution in [0.5, 0.6) is 5.75 Å². The Morgan fingerprint density at radius 3 is 1.84 bits per heavy atom. The molecule has 0 fully saturated rings. The molecular formula is C23H28AsClO5S2. The van der Waals surface area contributed by atoms with Gasteiger partial charge in [-0.25, -0.2) is 0 Å². The van der Waals surface area contributed by atoms with E-state index in [2.05, 4.69) is 0 Å². The molecule has 0 heterocycles. The first-order chi connectivity index (χ1) is 14.4. The van der Waals surface area contributed by atoms with Crippen molar-refractivity contribution in [1.82, 2.24) is 0 Å². The van der Waals surface area contributed by atoms with Crippen LogP contribution in [0.3, 0.4) is 0 Å². The molecule has 9 heteroatoms. The van der Waals surface area contributed by atoms with E-state index in [1.807, 2.05) is 41.5 Å². The molecule has 174 valence electrons. The molecule has 0 saturated carbocycles. The van der Waals surface area contributed by atoms with E-state index in [9.17, 15) is 23.4 Å². The molecule has 0 amide bonds. The third-order valence-electron chi connectivity index (χ3n) is 4.93. The van der Waals surface area contributed by atoms with Crippen molar-refractivity contribution < 1.29 is 23.4 Å². The van der Waals surface area contributed by atoms with Crippen molar-refractivity contribution in [3.05, 3.63) is 52.0 Å². The monoisotopic (exact) mass is 558 g/mol. The Morgan fingerprint density at radius 2 is 1.47 bits per heavy atom. The van der Waals surface area contributed by atoms with Gasteiger partial charge in [0, 0.05) is 0 Å². The molecule has 32 heavy (non-hydrogen) atoms. The molecule has 2 N–H and O–H groups in total. The summed E-state index contributed by atoms with van der Waals surface area (Å²) >= 11 is 8.49. The van der Waals surface area contributed by atoms with E-state index in [1.54, 1.807) is 19.1 Å². The Balaban J connectivity index is 2.91. The van der Waals surface area contributed by atoms with Crippen LogP contribution in [0.4, 0.5) is 0 Å². The number of rotatable bonds is 5. The number of hydrogen-bond acceptors (Lipinski definition) is 5. The fourth-order valence-corrected chi connectivity index (χ4v) is 16.0. The van der Waals surface area contributed by atoms with E-state index in [1.165, 1.54) is 12.1 Å². The van der Waals surface area contributed by atoms with Crippen molar-refractivity contribution in [3.63, 3.8) is 0 Å². The molecule has 0 saturated heterocycles. The summed E-state index contributed by atoms with van der Waals surface area (Å²) in [6.07, 6.45) is 0. The topological polar surface area (TPSA) is 91.7 Å². The third kappa shape index (κ3) is 5.39. The van der Waals surface area contributed by atoms with Gasteiger partial charge in [-0.15, -0.1) is 0 Å². The second-order valence-electron chi connectivity index (χ2n) is 9.63. The van der Waals surface area contributed by atoms with Crippen molar-refractivity contribution >= 4 is 59.4 Å². The van der Waals surface area contributed by atoms with Gasteiger partial charge in [-0.1, -0.05) is 0 Å². The molecule has 0 spiro atoms. The van der Waals surface area contributed by atoms with Gasteiger partial charge < -0.3 is 0 Å². The predicted molar refractivity (Wildman–Crippen MR) is 135 cm³/mol. The van der Waals surface area contributed by atoms with Gasteiger partial charge in [0.15, 0.2) is 0 Å². The number of aromatic hydroxyl groups is 1. The van der Waals surface area contributed by atoms with Crippen molar-refractivity contribution in [3.8, 4) is 5.75 Å². The molecule has 2 aromatic carbocycles. The maximum absolute atomic E-state index is 13.8. The normalized spacial score (nSPS) is 13.6. The number of thiocarbonyl (C=S) groups is 1. The van der Waals surface area contributed by atoms with Gasteiger partial charge in [-0.05, 0) is 0 Å². The van der Waals surface area contributed by atoms with E-state index in [4.69, 9.17) is 23.8 Å². The number of carbonyl (C=O) groups is 1. The summed E-state index contributed by atoms with van der Waals surface area (Å²) in [6, 6.07) is 7.10. The molecule has 0 aliphatic rings. The number of phenols is 1. The predicted octanol–water partition coefficient (Wildman–Crippen LogP) is 4.94. The average molecular weight is 559 g/mol. The van der Waals surface area contributed by atoms with Crippen LogP contribution in [-0.4, -0.2) is 41.7 Å². The first-order valence-electron chi connectivity index (χ1n) is 9.85. The van der Waals surface area contributed by atoms with Gasteiger partial charge in [0.1, 0.15) is 0 Å². The molecule has 5 nitrogen and oxygen atoms in total. The van der Waals surface area contributed by atoms with Gasteiger partial charge in [0.25, 0.3) is 0 Å². The minimum absolute atomic E-state index is 0.0449. The Hall–Kier alpha value is -1.40. The fraction of sp³-hybridized carbons (Fsp3) is 0.391. The molecular weight excluding hydrogens is 531 g/mol. The summed E-state index contributed by atoms with van der Waals surface area (Å²) in [6.45, 7) is 13.3. The zero-order chi connectivity index (χ0) is 24.8. The van der Waals surface area contributed by atoms with Crippen LogP contribution in [0.1, 0.15) is 70.0 Å². The SMILES string of the molecule is CC(=S)[As](c1cc(C(C)(C)C)c(O)c(C(C)(C)C)c1)S(=O)(=O)c1cc(C(=O)O)ccc1Cl. The molecule has 1 unspecified atom stereocenters. The van der Waals surface area contributed by atoms with E-state index < -0.39 is 38.4 Å². The number of halogens is 1. The summed E-state index contributed by atoms with van der Waals surface area (Å²) in [5.74, 6) is -1.10. The Morgan fingerprint density at radius 1 is 1.00 bits per heavy atom. The van der Waals surface area contributed by atoms with Crippen LogP contribution in [0, 0.1) is 0 Å². The maximum atomic E-state index is 13.8. The summed E-state index contributed by atoms with van der Waals surface area (Å²) in [4.78, 5) is 11.2.